The molecule has 0 aromatic heterocycles. The Morgan fingerprint density at radius 2 is 1.50 bits per heavy atom. The molecular weight excluding hydrogens is 376 g/mol. The lowest BCUT2D eigenvalue weighted by molar-refractivity contribution is -0.161. The molecule has 0 saturated heterocycles. The van der Waals surface area contributed by atoms with E-state index in [1.807, 2.05) is 0 Å². The van der Waals surface area contributed by atoms with Crippen molar-refractivity contribution in [3.8, 4) is 16.9 Å². The van der Waals surface area contributed by atoms with Gasteiger partial charge in [-0.15, -0.1) is 0 Å². The first kappa shape index (κ1) is 20.2. The van der Waals surface area contributed by atoms with Crippen LogP contribution in [-0.4, -0.2) is 24.8 Å². The van der Waals surface area contributed by atoms with Gasteiger partial charge in [-0.3, -0.25) is 0 Å². The van der Waals surface area contributed by atoms with Gasteiger partial charge in [-0.1, -0.05) is 60.7 Å². The number of benzene rings is 3. The molecule has 4 nitrogen and oxygen atoms in total. The van der Waals surface area contributed by atoms with E-state index in [0.717, 1.165) is 18.6 Å². The molecule has 0 aliphatic heterocycles. The quantitative estimate of drug-likeness (QED) is 0.498. The molecule has 0 saturated carbocycles. The predicted octanol–water partition coefficient (Wildman–Crippen LogP) is 5.60. The number of carbonyl (C=O) groups is 1. The first-order valence-electron chi connectivity index (χ1n) is 10.2. The fourth-order valence-electron chi connectivity index (χ4n) is 4.25. The van der Waals surface area contributed by atoms with Gasteiger partial charge in [0.05, 0.1) is 6.61 Å². The third-order valence-electron chi connectivity index (χ3n) is 6.09. The minimum atomic E-state index is -1.36. The second kappa shape index (κ2) is 8.33. The van der Waals surface area contributed by atoms with Crippen LogP contribution in [0.4, 0.5) is 0 Å². The van der Waals surface area contributed by atoms with E-state index in [9.17, 15) is 9.90 Å². The van der Waals surface area contributed by atoms with E-state index in [2.05, 4.69) is 48.5 Å². The summed E-state index contributed by atoms with van der Waals surface area (Å²) in [5, 5.41) is 9.42. The van der Waals surface area contributed by atoms with Crippen LogP contribution in [0.3, 0.4) is 0 Å². The molecule has 3 aromatic carbocycles. The minimum Gasteiger partial charge on any atom is -0.494 e. The average molecular weight is 402 g/mol. The Balaban J connectivity index is 1.38. The molecule has 154 valence electrons. The van der Waals surface area contributed by atoms with Crippen LogP contribution < -0.4 is 4.74 Å². The van der Waals surface area contributed by atoms with Gasteiger partial charge in [-0.05, 0) is 59.7 Å². The standard InChI is InChI=1S/C26H26O4/c1-26(29-2,25(27)28)18-13-15-19(16-14-18)30-17-7-12-24-22-10-5-3-8-20(22)21-9-4-6-11-23(21)24/h3-6,8-11,13-16,24H,7,12,17H2,1-2H3,(H,27,28). The van der Waals surface area contributed by atoms with Crippen LogP contribution >= 0.6 is 0 Å². The van der Waals surface area contributed by atoms with Gasteiger partial charge in [0.1, 0.15) is 5.75 Å². The van der Waals surface area contributed by atoms with Gasteiger partial charge < -0.3 is 14.6 Å². The highest BCUT2D eigenvalue weighted by atomic mass is 16.5. The fourth-order valence-corrected chi connectivity index (χ4v) is 4.25. The lowest BCUT2D eigenvalue weighted by Gasteiger charge is -2.23. The molecule has 1 unspecified atom stereocenters. The van der Waals surface area contributed by atoms with Crippen LogP contribution in [0.15, 0.2) is 72.8 Å². The maximum absolute atomic E-state index is 11.5. The number of aliphatic carboxylic acids is 1. The highest BCUT2D eigenvalue weighted by Crippen LogP contribution is 2.46. The number of hydrogen-bond donors (Lipinski definition) is 1. The number of methoxy groups -OCH3 is 1. The summed E-state index contributed by atoms with van der Waals surface area (Å²) in [6.45, 7) is 2.16. The highest BCUT2D eigenvalue weighted by molar-refractivity contribution is 5.79. The van der Waals surface area contributed by atoms with Crippen molar-refractivity contribution < 1.29 is 19.4 Å². The van der Waals surface area contributed by atoms with Crippen molar-refractivity contribution >= 4 is 5.97 Å². The van der Waals surface area contributed by atoms with E-state index in [4.69, 9.17) is 9.47 Å². The molecule has 30 heavy (non-hydrogen) atoms. The van der Waals surface area contributed by atoms with Crippen molar-refractivity contribution in [2.45, 2.75) is 31.3 Å². The van der Waals surface area contributed by atoms with E-state index in [-0.39, 0.29) is 0 Å². The zero-order chi connectivity index (χ0) is 21.1. The van der Waals surface area contributed by atoms with Crippen LogP contribution in [0.2, 0.25) is 0 Å². The first-order chi connectivity index (χ1) is 14.5. The number of ether oxygens (including phenoxy) is 2. The molecule has 0 heterocycles. The molecule has 4 heteroatoms. The second-order valence-electron chi connectivity index (χ2n) is 7.78. The van der Waals surface area contributed by atoms with E-state index < -0.39 is 11.6 Å². The average Bonchev–Trinajstić information content (AvgIpc) is 3.10. The molecular formula is C26H26O4. The first-order valence-corrected chi connectivity index (χ1v) is 10.2. The summed E-state index contributed by atoms with van der Waals surface area (Å²) in [5.74, 6) is 0.118. The normalized spacial score (nSPS) is 14.6. The maximum atomic E-state index is 11.5. The zero-order valence-electron chi connectivity index (χ0n) is 17.3. The topological polar surface area (TPSA) is 55.8 Å². The summed E-state index contributed by atoms with van der Waals surface area (Å²) in [4.78, 5) is 11.5. The number of carboxylic acids is 1. The highest BCUT2D eigenvalue weighted by Gasteiger charge is 2.35. The van der Waals surface area contributed by atoms with Crippen molar-refractivity contribution in [2.24, 2.45) is 0 Å². The number of carboxylic acid groups (broad SMARTS) is 1. The Labute approximate surface area is 177 Å². The van der Waals surface area contributed by atoms with Crippen molar-refractivity contribution in [2.75, 3.05) is 13.7 Å². The Morgan fingerprint density at radius 1 is 0.933 bits per heavy atom. The van der Waals surface area contributed by atoms with Gasteiger partial charge in [0.25, 0.3) is 0 Å². The lowest BCUT2D eigenvalue weighted by Crippen LogP contribution is -2.34. The van der Waals surface area contributed by atoms with Crippen LogP contribution in [0.25, 0.3) is 11.1 Å². The number of rotatable bonds is 8. The molecule has 1 atom stereocenters. The molecule has 1 N–H and O–H groups in total. The van der Waals surface area contributed by atoms with Gasteiger partial charge >= 0.3 is 5.97 Å². The third-order valence-corrected chi connectivity index (χ3v) is 6.09. The number of fused-ring (bicyclic) bond motifs is 3. The van der Waals surface area contributed by atoms with Crippen LogP contribution in [0.5, 0.6) is 5.75 Å². The minimum absolute atomic E-state index is 0.404. The SMILES string of the molecule is COC(C)(C(=O)O)c1ccc(OCCCC2c3ccccc3-c3ccccc32)cc1. The van der Waals surface area contributed by atoms with Gasteiger partial charge in [0.2, 0.25) is 0 Å². The third kappa shape index (κ3) is 3.59. The summed E-state index contributed by atoms with van der Waals surface area (Å²) in [6.07, 6.45) is 1.95. The summed E-state index contributed by atoms with van der Waals surface area (Å²) >= 11 is 0. The largest absolute Gasteiger partial charge is 0.494 e. The molecule has 1 aliphatic carbocycles. The van der Waals surface area contributed by atoms with Gasteiger partial charge in [0, 0.05) is 13.0 Å². The van der Waals surface area contributed by atoms with Crippen LogP contribution in [0.1, 0.15) is 42.4 Å². The van der Waals surface area contributed by atoms with Crippen molar-refractivity contribution in [1.29, 1.82) is 0 Å². The molecule has 3 aromatic rings. The van der Waals surface area contributed by atoms with Crippen molar-refractivity contribution in [3.63, 3.8) is 0 Å². The summed E-state index contributed by atoms with van der Waals surface area (Å²) in [7, 11) is 1.40. The van der Waals surface area contributed by atoms with E-state index in [1.165, 1.54) is 29.4 Å². The Kier molecular flexibility index (Phi) is 5.60. The smallest absolute Gasteiger partial charge is 0.340 e. The molecule has 1 aliphatic rings. The molecule has 4 rings (SSSR count). The maximum Gasteiger partial charge on any atom is 0.340 e. The van der Waals surface area contributed by atoms with Crippen LogP contribution in [-0.2, 0) is 15.1 Å². The van der Waals surface area contributed by atoms with Crippen molar-refractivity contribution in [3.05, 3.63) is 89.5 Å². The molecule has 0 bridgehead atoms. The fraction of sp³-hybridized carbons (Fsp3) is 0.269. The number of hydrogen-bond acceptors (Lipinski definition) is 3. The summed E-state index contributed by atoms with van der Waals surface area (Å²) in [6, 6.07) is 24.4. The molecule has 0 fully saturated rings. The molecule has 0 spiro atoms. The molecule has 0 amide bonds. The molecule has 0 radical (unpaired) electrons. The van der Waals surface area contributed by atoms with E-state index >= 15 is 0 Å². The Bertz CT molecular complexity index is 995. The summed E-state index contributed by atoms with van der Waals surface area (Å²) < 4.78 is 11.1. The lowest BCUT2D eigenvalue weighted by atomic mass is 9.92. The van der Waals surface area contributed by atoms with Gasteiger partial charge in [0.15, 0.2) is 5.60 Å². The van der Waals surface area contributed by atoms with E-state index in [1.54, 1.807) is 31.2 Å². The zero-order valence-corrected chi connectivity index (χ0v) is 17.3. The summed E-state index contributed by atoms with van der Waals surface area (Å²) in [5.41, 5.74) is 4.71. The van der Waals surface area contributed by atoms with Crippen LogP contribution in [0, 0.1) is 0 Å². The van der Waals surface area contributed by atoms with Gasteiger partial charge in [-0.25, -0.2) is 4.79 Å². The second-order valence-corrected chi connectivity index (χ2v) is 7.78. The monoisotopic (exact) mass is 402 g/mol. The predicted molar refractivity (Wildman–Crippen MR) is 117 cm³/mol. The van der Waals surface area contributed by atoms with Crippen molar-refractivity contribution in [1.82, 2.24) is 0 Å². The Hall–Kier alpha value is -3.11. The van der Waals surface area contributed by atoms with E-state index in [0.29, 0.717) is 18.1 Å². The van der Waals surface area contributed by atoms with Gasteiger partial charge in [-0.2, -0.15) is 0 Å². The Morgan fingerprint density at radius 3 is 2.03 bits per heavy atom.